The fraction of sp³-hybridized carbons (Fsp3) is 0.535. The fourth-order valence-corrected chi connectivity index (χ4v) is 5.19. The molecule has 4 fully saturated rings. The number of aryl methyl sites for hydroxylation is 9. The van der Waals surface area contributed by atoms with Crippen LogP contribution in [0.2, 0.25) is 0 Å². The molecule has 4 heterocycles. The van der Waals surface area contributed by atoms with Gasteiger partial charge in [0, 0.05) is 39.6 Å². The molecule has 49 heavy (non-hydrogen) atoms. The van der Waals surface area contributed by atoms with Crippen LogP contribution in [0.1, 0.15) is 97.9 Å². The van der Waals surface area contributed by atoms with Gasteiger partial charge < -0.3 is 25.4 Å². The SMILES string of the molecule is C1CCOC1.C1CCOC1.C1CCOC1.Cc1[c-]c(C)cc(C)c1.Cc1[c-]c(C)cc(C)c1.Cc1[c-]c(C)cc(C)c1.[CH-]1C[CH-]OC1.[H+].[H+].[Li+].[Mg+2]. The molecule has 0 spiro atoms. The van der Waals surface area contributed by atoms with Crippen molar-refractivity contribution in [2.75, 3.05) is 46.2 Å². The number of hydrogen-bond acceptors (Lipinski definition) is 4. The maximum Gasteiger partial charge on any atom is 2.00 e. The zero-order valence-corrected chi connectivity index (χ0v) is 34.3. The van der Waals surface area contributed by atoms with E-state index in [0.717, 1.165) is 52.7 Å². The summed E-state index contributed by atoms with van der Waals surface area (Å²) in [7, 11) is 0. The molecular formula is C43H65LiMgO4. The van der Waals surface area contributed by atoms with Gasteiger partial charge in [0.15, 0.2) is 0 Å². The molecule has 264 valence electrons. The van der Waals surface area contributed by atoms with Crippen molar-refractivity contribution in [3.05, 3.63) is 118 Å². The first-order valence-corrected chi connectivity index (χ1v) is 17.4. The van der Waals surface area contributed by atoms with Gasteiger partial charge in [-0.2, -0.15) is 105 Å². The van der Waals surface area contributed by atoms with E-state index in [1.165, 1.54) is 88.6 Å². The Morgan fingerprint density at radius 3 is 0.816 bits per heavy atom. The quantitative estimate of drug-likeness (QED) is 0.186. The molecule has 0 radical (unpaired) electrons. The van der Waals surface area contributed by atoms with Crippen LogP contribution >= 0.6 is 0 Å². The average Bonchev–Trinajstić information content (AvgIpc) is 3.84. The van der Waals surface area contributed by atoms with E-state index in [4.69, 9.17) is 18.9 Å². The van der Waals surface area contributed by atoms with Crippen LogP contribution in [0, 0.1) is 93.5 Å². The van der Waals surface area contributed by atoms with Gasteiger partial charge in [-0.05, 0) is 38.5 Å². The van der Waals surface area contributed by atoms with Crippen LogP contribution in [0.4, 0.5) is 0 Å². The Kier molecular flexibility index (Phi) is 33.4. The largest absolute Gasteiger partial charge is 2.00 e. The molecule has 3 aromatic rings. The number of benzene rings is 3. The Bertz CT molecular complexity index is 873. The summed E-state index contributed by atoms with van der Waals surface area (Å²) in [5.41, 5.74) is 11.3. The molecule has 4 nitrogen and oxygen atoms in total. The maximum absolute atomic E-state index is 4.94. The smallest absolute Gasteiger partial charge is 0.580 e. The van der Waals surface area contributed by atoms with Crippen LogP contribution in [0.5, 0.6) is 0 Å². The minimum absolute atomic E-state index is 0. The first-order chi connectivity index (χ1) is 22.5. The van der Waals surface area contributed by atoms with Crippen molar-refractivity contribution in [3.63, 3.8) is 0 Å². The van der Waals surface area contributed by atoms with E-state index in [2.05, 4.69) is 123 Å². The minimum atomic E-state index is 0. The third kappa shape index (κ3) is 31.3. The summed E-state index contributed by atoms with van der Waals surface area (Å²) in [6.07, 6.45) is 10.8. The first kappa shape index (κ1) is 50.0. The summed E-state index contributed by atoms with van der Waals surface area (Å²) in [6.45, 7) is 27.4. The van der Waals surface area contributed by atoms with Crippen LogP contribution in [0.15, 0.2) is 36.4 Å². The van der Waals surface area contributed by atoms with Gasteiger partial charge in [0.05, 0.1) is 0 Å². The summed E-state index contributed by atoms with van der Waals surface area (Å²) in [4.78, 5) is 0. The second kappa shape index (κ2) is 32.7. The van der Waals surface area contributed by atoms with Crippen molar-refractivity contribution in [2.24, 2.45) is 0 Å². The molecule has 0 saturated carbocycles. The molecule has 7 rings (SSSR count). The average molecular weight is 677 g/mol. The van der Waals surface area contributed by atoms with Crippen LogP contribution < -0.4 is 18.9 Å². The van der Waals surface area contributed by atoms with Gasteiger partial charge in [0.2, 0.25) is 0 Å². The molecule has 4 aliphatic rings. The third-order valence-corrected chi connectivity index (χ3v) is 6.92. The van der Waals surface area contributed by atoms with Crippen molar-refractivity contribution in [3.8, 4) is 0 Å². The van der Waals surface area contributed by atoms with E-state index in [1.807, 2.05) is 0 Å². The predicted octanol–water partition coefficient (Wildman–Crippen LogP) is 7.25. The summed E-state index contributed by atoms with van der Waals surface area (Å²) < 4.78 is 19.6. The second-order valence-corrected chi connectivity index (χ2v) is 12.6. The summed E-state index contributed by atoms with van der Waals surface area (Å²) >= 11 is 0. The van der Waals surface area contributed by atoms with Gasteiger partial charge in [-0.3, -0.25) is 6.42 Å². The van der Waals surface area contributed by atoms with E-state index in [9.17, 15) is 0 Å². The Balaban J connectivity index is -0.000000253. The minimum Gasteiger partial charge on any atom is -0.580 e. The van der Waals surface area contributed by atoms with Gasteiger partial charge >= 0.3 is 44.8 Å². The van der Waals surface area contributed by atoms with Gasteiger partial charge in [0.25, 0.3) is 0 Å². The topological polar surface area (TPSA) is 36.9 Å². The molecule has 0 bridgehead atoms. The van der Waals surface area contributed by atoms with E-state index >= 15 is 0 Å². The van der Waals surface area contributed by atoms with Crippen molar-refractivity contribution in [1.29, 1.82) is 0 Å². The fourth-order valence-electron chi connectivity index (χ4n) is 5.19. The normalized spacial score (nSPS) is 15.1. The standard InChI is InChI=1S/3C9H11.3C4H8O.C4H6O.Li.Mg/c3*1-7-4-8(2)6-9(3)5-7;4*1-2-4-5-3-1;;/h3*4-5H,1-3H3;3*1-4H2;1,4H,2-3H2;;/q3*-1;;;;-2;+1;+2/p+2. The molecule has 0 N–H and O–H groups in total. The van der Waals surface area contributed by atoms with Crippen LogP contribution in [0.3, 0.4) is 0 Å². The first-order valence-electron chi connectivity index (χ1n) is 17.4. The van der Waals surface area contributed by atoms with E-state index in [-0.39, 0.29) is 44.8 Å². The maximum atomic E-state index is 4.94. The van der Waals surface area contributed by atoms with E-state index in [1.54, 1.807) is 6.61 Å². The molecule has 0 aromatic heterocycles. The van der Waals surface area contributed by atoms with Crippen LogP contribution in [-0.4, -0.2) is 69.3 Å². The Hall–Kier alpha value is -1.14. The molecule has 0 atom stereocenters. The molecule has 6 heteroatoms. The van der Waals surface area contributed by atoms with Gasteiger partial charge in [0.1, 0.15) is 0 Å². The molecule has 0 aliphatic carbocycles. The van der Waals surface area contributed by atoms with E-state index in [0.29, 0.717) is 0 Å². The van der Waals surface area contributed by atoms with Gasteiger partial charge in [-0.15, -0.1) is 6.61 Å². The van der Waals surface area contributed by atoms with Crippen LogP contribution in [-0.2, 0) is 18.9 Å². The Morgan fingerprint density at radius 2 is 0.714 bits per heavy atom. The Morgan fingerprint density at radius 1 is 0.469 bits per heavy atom. The summed E-state index contributed by atoms with van der Waals surface area (Å²) in [5.74, 6) is 0. The summed E-state index contributed by atoms with van der Waals surface area (Å²) in [6, 6.07) is 22.4. The zero-order chi connectivity index (χ0) is 34.7. The second-order valence-electron chi connectivity index (χ2n) is 12.6. The van der Waals surface area contributed by atoms with Crippen molar-refractivity contribution >= 4 is 23.1 Å². The third-order valence-electron chi connectivity index (χ3n) is 6.92. The van der Waals surface area contributed by atoms with Crippen molar-refractivity contribution in [1.82, 2.24) is 0 Å². The molecule has 4 aliphatic heterocycles. The summed E-state index contributed by atoms with van der Waals surface area (Å²) in [5, 5.41) is 0. The Labute approximate surface area is 333 Å². The molecule has 3 aromatic carbocycles. The van der Waals surface area contributed by atoms with E-state index < -0.39 is 0 Å². The molecule has 4 saturated heterocycles. The molecule has 0 unspecified atom stereocenters. The number of hydrogen-bond donors (Lipinski definition) is 0. The number of rotatable bonds is 0. The number of ether oxygens (including phenoxy) is 4. The van der Waals surface area contributed by atoms with Gasteiger partial charge in [-0.25, -0.2) is 6.61 Å². The monoisotopic (exact) mass is 676 g/mol. The van der Waals surface area contributed by atoms with Crippen LogP contribution in [0.25, 0.3) is 0 Å². The van der Waals surface area contributed by atoms with Gasteiger partial charge in [-0.1, -0.05) is 62.3 Å². The zero-order valence-electron chi connectivity index (χ0n) is 34.9. The predicted molar refractivity (Wildman–Crippen MR) is 206 cm³/mol. The molecular weight excluding hydrogens is 612 g/mol. The molecule has 0 amide bonds. The van der Waals surface area contributed by atoms with Crippen molar-refractivity contribution in [2.45, 2.75) is 107 Å². The van der Waals surface area contributed by atoms with Crippen molar-refractivity contribution < 1.29 is 40.7 Å².